The molecule has 1 atom stereocenters. The van der Waals surface area contributed by atoms with Crippen molar-refractivity contribution in [2.75, 3.05) is 11.5 Å². The Bertz CT molecular complexity index is 843. The molecule has 116 valence electrons. The van der Waals surface area contributed by atoms with Gasteiger partial charge < -0.3 is 5.73 Å². The molecule has 9 heteroatoms. The van der Waals surface area contributed by atoms with Gasteiger partial charge in [0.2, 0.25) is 9.84 Å². The number of sulfone groups is 1. The van der Waals surface area contributed by atoms with Crippen molar-refractivity contribution in [2.45, 2.75) is 28.1 Å². The van der Waals surface area contributed by atoms with Crippen LogP contribution in [0.5, 0.6) is 0 Å². The fourth-order valence-electron chi connectivity index (χ4n) is 2.28. The molecule has 1 saturated heterocycles. The van der Waals surface area contributed by atoms with Gasteiger partial charge in [0.05, 0.1) is 5.37 Å². The van der Waals surface area contributed by atoms with Crippen LogP contribution in [0.25, 0.3) is 0 Å². The molecule has 7 nitrogen and oxygen atoms in total. The number of hydrogen-bond donors (Lipinski definition) is 1. The fraction of sp³-hybridized carbons (Fsp3) is 0.308. The predicted molar refractivity (Wildman–Crippen MR) is 83.3 cm³/mol. The van der Waals surface area contributed by atoms with Crippen LogP contribution in [-0.2, 0) is 9.84 Å². The number of nitrogen functional groups attached to an aromatic ring is 1. The Morgan fingerprint density at radius 3 is 2.82 bits per heavy atom. The van der Waals surface area contributed by atoms with Crippen molar-refractivity contribution in [3.05, 3.63) is 41.1 Å². The van der Waals surface area contributed by atoms with E-state index in [9.17, 15) is 13.2 Å². The van der Waals surface area contributed by atoms with Crippen LogP contribution in [0.3, 0.4) is 0 Å². The summed E-state index contributed by atoms with van der Waals surface area (Å²) in [6.07, 6.45) is 4.46. The molecule has 0 unspecified atom stereocenters. The van der Waals surface area contributed by atoms with Crippen molar-refractivity contribution < 1.29 is 8.42 Å². The van der Waals surface area contributed by atoms with Crippen LogP contribution >= 0.6 is 11.8 Å². The molecule has 0 spiro atoms. The standard InChI is InChI=1S/C13H14N4O3S2/c14-12-9(22(19,20)10-4-1-2-6-15-10)8-17(13(18)16-12)11-5-3-7-21-11/h1-2,4,6,8,11H,3,5,7H2,(H2,14,16,18)/t11-/m0/s1. The summed E-state index contributed by atoms with van der Waals surface area (Å²) in [6, 6.07) is 4.58. The minimum Gasteiger partial charge on any atom is -0.382 e. The summed E-state index contributed by atoms with van der Waals surface area (Å²) in [6.45, 7) is 0. The highest BCUT2D eigenvalue weighted by Crippen LogP contribution is 2.35. The first-order chi connectivity index (χ1) is 10.5. The quantitative estimate of drug-likeness (QED) is 0.892. The smallest absolute Gasteiger partial charge is 0.350 e. The Morgan fingerprint density at radius 2 is 2.18 bits per heavy atom. The zero-order valence-electron chi connectivity index (χ0n) is 11.5. The second-order valence-corrected chi connectivity index (χ2v) is 7.97. The maximum absolute atomic E-state index is 12.6. The average molecular weight is 338 g/mol. The molecule has 0 bridgehead atoms. The number of rotatable bonds is 3. The molecule has 2 aromatic rings. The Kier molecular flexibility index (Phi) is 3.92. The number of anilines is 1. The number of nitrogens with two attached hydrogens (primary N) is 1. The summed E-state index contributed by atoms with van der Waals surface area (Å²) in [5.74, 6) is 0.638. The highest BCUT2D eigenvalue weighted by Gasteiger charge is 2.27. The summed E-state index contributed by atoms with van der Waals surface area (Å²) in [5, 5.41) is -0.217. The lowest BCUT2D eigenvalue weighted by Crippen LogP contribution is -2.27. The average Bonchev–Trinajstić information content (AvgIpc) is 3.02. The molecule has 1 aliphatic rings. The van der Waals surface area contributed by atoms with Gasteiger partial charge in [-0.15, -0.1) is 11.8 Å². The second kappa shape index (κ2) is 5.73. The maximum atomic E-state index is 12.6. The highest BCUT2D eigenvalue weighted by molar-refractivity contribution is 7.99. The lowest BCUT2D eigenvalue weighted by molar-refractivity contribution is 0.578. The molecule has 0 radical (unpaired) electrons. The van der Waals surface area contributed by atoms with Crippen LogP contribution in [0, 0.1) is 0 Å². The van der Waals surface area contributed by atoms with E-state index in [4.69, 9.17) is 5.73 Å². The lowest BCUT2D eigenvalue weighted by atomic mass is 10.3. The third-order valence-electron chi connectivity index (χ3n) is 3.36. The first-order valence-electron chi connectivity index (χ1n) is 6.66. The number of hydrogen-bond acceptors (Lipinski definition) is 7. The molecule has 0 aliphatic carbocycles. The van der Waals surface area contributed by atoms with Crippen LogP contribution in [0.1, 0.15) is 18.2 Å². The normalized spacial score (nSPS) is 18.5. The zero-order chi connectivity index (χ0) is 15.7. The molecule has 3 heterocycles. The van der Waals surface area contributed by atoms with Gasteiger partial charge in [-0.05, 0) is 30.7 Å². The minimum atomic E-state index is -3.91. The molecule has 2 N–H and O–H groups in total. The van der Waals surface area contributed by atoms with Crippen molar-refractivity contribution in [3.63, 3.8) is 0 Å². The molecule has 2 aromatic heterocycles. The molecule has 0 saturated carbocycles. The Hall–Kier alpha value is -1.87. The Balaban J connectivity index is 2.15. The Morgan fingerprint density at radius 1 is 1.36 bits per heavy atom. The lowest BCUT2D eigenvalue weighted by Gasteiger charge is -2.14. The summed E-state index contributed by atoms with van der Waals surface area (Å²) in [7, 11) is -3.91. The maximum Gasteiger partial charge on any atom is 0.350 e. The SMILES string of the molecule is Nc1nc(=O)n([C@@H]2CCCS2)cc1S(=O)(=O)c1ccccn1. The second-order valence-electron chi connectivity index (χ2n) is 4.82. The zero-order valence-corrected chi connectivity index (χ0v) is 13.2. The summed E-state index contributed by atoms with van der Waals surface area (Å²) < 4.78 is 26.6. The molecule has 1 aliphatic heterocycles. The van der Waals surface area contributed by atoms with E-state index in [0.29, 0.717) is 0 Å². The van der Waals surface area contributed by atoms with Gasteiger partial charge in [-0.2, -0.15) is 4.98 Å². The van der Waals surface area contributed by atoms with E-state index in [1.807, 2.05) is 0 Å². The van der Waals surface area contributed by atoms with E-state index in [1.54, 1.807) is 23.9 Å². The molecule has 0 amide bonds. The van der Waals surface area contributed by atoms with E-state index in [0.717, 1.165) is 18.6 Å². The van der Waals surface area contributed by atoms with Crippen LogP contribution in [0.2, 0.25) is 0 Å². The monoisotopic (exact) mass is 338 g/mol. The number of pyridine rings is 1. The Labute approximate surface area is 131 Å². The highest BCUT2D eigenvalue weighted by atomic mass is 32.2. The van der Waals surface area contributed by atoms with Gasteiger partial charge in [0.1, 0.15) is 10.7 Å². The molecule has 0 aromatic carbocycles. The van der Waals surface area contributed by atoms with Crippen molar-refractivity contribution >= 4 is 27.4 Å². The van der Waals surface area contributed by atoms with E-state index < -0.39 is 15.5 Å². The van der Waals surface area contributed by atoms with Gasteiger partial charge >= 0.3 is 5.69 Å². The molecule has 1 fully saturated rings. The van der Waals surface area contributed by atoms with Gasteiger partial charge in [-0.25, -0.2) is 18.2 Å². The predicted octanol–water partition coefficient (Wildman–Crippen LogP) is 1.08. The number of nitrogens with zero attached hydrogens (tertiary/aromatic N) is 3. The largest absolute Gasteiger partial charge is 0.382 e. The van der Waals surface area contributed by atoms with Crippen LogP contribution in [-0.4, -0.2) is 28.7 Å². The van der Waals surface area contributed by atoms with Gasteiger partial charge in [-0.3, -0.25) is 4.57 Å². The van der Waals surface area contributed by atoms with Crippen molar-refractivity contribution in [2.24, 2.45) is 0 Å². The molecule has 3 rings (SSSR count). The van der Waals surface area contributed by atoms with Crippen LogP contribution in [0.15, 0.2) is 45.3 Å². The van der Waals surface area contributed by atoms with Crippen molar-refractivity contribution in [1.82, 2.24) is 14.5 Å². The summed E-state index contributed by atoms with van der Waals surface area (Å²) in [5.41, 5.74) is 5.14. The molecular formula is C13H14N4O3S2. The summed E-state index contributed by atoms with van der Waals surface area (Å²) in [4.78, 5) is 19.3. The summed E-state index contributed by atoms with van der Waals surface area (Å²) >= 11 is 1.60. The van der Waals surface area contributed by atoms with Crippen molar-refractivity contribution in [1.29, 1.82) is 0 Å². The van der Waals surface area contributed by atoms with Crippen LogP contribution in [0.4, 0.5) is 5.82 Å². The fourth-order valence-corrected chi connectivity index (χ4v) is 4.78. The van der Waals surface area contributed by atoms with E-state index in [2.05, 4.69) is 9.97 Å². The number of thioether (sulfide) groups is 1. The van der Waals surface area contributed by atoms with E-state index in [-0.39, 0.29) is 21.1 Å². The van der Waals surface area contributed by atoms with Gasteiger partial charge in [0, 0.05) is 12.4 Å². The van der Waals surface area contributed by atoms with Gasteiger partial charge in [0.15, 0.2) is 5.03 Å². The third-order valence-corrected chi connectivity index (χ3v) is 6.42. The third kappa shape index (κ3) is 2.61. The van der Waals surface area contributed by atoms with E-state index >= 15 is 0 Å². The van der Waals surface area contributed by atoms with E-state index in [1.165, 1.54) is 23.0 Å². The first-order valence-corrected chi connectivity index (χ1v) is 9.20. The number of aromatic nitrogens is 3. The molecular weight excluding hydrogens is 324 g/mol. The molecule has 22 heavy (non-hydrogen) atoms. The van der Waals surface area contributed by atoms with Crippen LogP contribution < -0.4 is 11.4 Å². The minimum absolute atomic E-state index is 0.0988. The first kappa shape index (κ1) is 15.0. The topological polar surface area (TPSA) is 108 Å². The van der Waals surface area contributed by atoms with Gasteiger partial charge in [0.25, 0.3) is 0 Å². The van der Waals surface area contributed by atoms with Crippen molar-refractivity contribution in [3.8, 4) is 0 Å². The van der Waals surface area contributed by atoms with Gasteiger partial charge in [-0.1, -0.05) is 6.07 Å².